The van der Waals surface area contributed by atoms with Crippen molar-refractivity contribution in [2.75, 3.05) is 13.2 Å². The molecule has 0 saturated carbocycles. The topological polar surface area (TPSA) is 60.2 Å². The fourth-order valence-electron chi connectivity index (χ4n) is 1.82. The molecule has 0 unspecified atom stereocenters. The van der Waals surface area contributed by atoms with E-state index in [9.17, 15) is 4.79 Å². The van der Waals surface area contributed by atoms with E-state index in [1.165, 1.54) is 0 Å². The van der Waals surface area contributed by atoms with Crippen molar-refractivity contribution in [3.8, 4) is 5.75 Å². The Bertz CT molecular complexity index is 609. The normalized spacial score (nSPS) is 14.0. The van der Waals surface area contributed by atoms with E-state index < -0.39 is 5.97 Å². The molecule has 1 aromatic carbocycles. The number of nitrogens with zero attached hydrogens (tertiary/aromatic N) is 2. The van der Waals surface area contributed by atoms with E-state index >= 15 is 0 Å². The molecule has 0 aliphatic carbocycles. The molecule has 0 saturated heterocycles. The number of amidine groups is 1. The van der Waals surface area contributed by atoms with Crippen molar-refractivity contribution in [3.63, 3.8) is 0 Å². The second-order valence-corrected chi connectivity index (χ2v) is 5.14. The summed E-state index contributed by atoms with van der Waals surface area (Å²) in [5, 5.41) is 0.490. The van der Waals surface area contributed by atoms with Crippen LogP contribution in [0.5, 0.6) is 5.75 Å². The molecular formula is C15H17ClN2O3. The van der Waals surface area contributed by atoms with Crippen LogP contribution in [0.1, 0.15) is 26.3 Å². The number of aliphatic imine (C=N–C) groups is 2. The Labute approximate surface area is 128 Å². The zero-order valence-corrected chi connectivity index (χ0v) is 13.0. The van der Waals surface area contributed by atoms with E-state index in [0.29, 0.717) is 28.9 Å². The number of halogens is 1. The first-order chi connectivity index (χ1) is 10.0. The van der Waals surface area contributed by atoms with Crippen LogP contribution in [0.2, 0.25) is 5.02 Å². The van der Waals surface area contributed by atoms with Gasteiger partial charge in [-0.1, -0.05) is 11.6 Å². The third kappa shape index (κ3) is 3.82. The Morgan fingerprint density at radius 1 is 1.43 bits per heavy atom. The van der Waals surface area contributed by atoms with Gasteiger partial charge >= 0.3 is 5.97 Å². The van der Waals surface area contributed by atoms with Gasteiger partial charge in [0.2, 0.25) is 0 Å². The summed E-state index contributed by atoms with van der Waals surface area (Å²) in [6.45, 7) is 6.17. The molecule has 0 spiro atoms. The van der Waals surface area contributed by atoms with E-state index in [2.05, 4.69) is 9.98 Å². The van der Waals surface area contributed by atoms with E-state index in [-0.39, 0.29) is 12.6 Å². The van der Waals surface area contributed by atoms with Crippen molar-refractivity contribution in [2.24, 2.45) is 9.98 Å². The highest BCUT2D eigenvalue weighted by Crippen LogP contribution is 2.27. The fraction of sp³-hybridized carbons (Fsp3) is 0.400. The zero-order valence-electron chi connectivity index (χ0n) is 12.2. The predicted molar refractivity (Wildman–Crippen MR) is 82.7 cm³/mol. The van der Waals surface area contributed by atoms with Gasteiger partial charge in [0.15, 0.2) is 5.84 Å². The van der Waals surface area contributed by atoms with Gasteiger partial charge in [0.05, 0.1) is 24.3 Å². The molecule has 21 heavy (non-hydrogen) atoms. The summed E-state index contributed by atoms with van der Waals surface area (Å²) in [6, 6.07) is 5.33. The number of carbonyl (C=O) groups excluding carboxylic acids is 1. The third-order valence-corrected chi connectivity index (χ3v) is 2.98. The first-order valence-corrected chi connectivity index (χ1v) is 7.14. The molecule has 5 nitrogen and oxygen atoms in total. The van der Waals surface area contributed by atoms with Crippen LogP contribution >= 0.6 is 11.6 Å². The maximum absolute atomic E-state index is 11.6. The molecule has 1 aliphatic heterocycles. The third-order valence-electron chi connectivity index (χ3n) is 2.68. The van der Waals surface area contributed by atoms with Gasteiger partial charge in [0, 0.05) is 5.56 Å². The Morgan fingerprint density at radius 3 is 2.81 bits per heavy atom. The van der Waals surface area contributed by atoms with Gasteiger partial charge in [0.1, 0.15) is 11.5 Å². The van der Waals surface area contributed by atoms with Crippen LogP contribution in [0.4, 0.5) is 0 Å². The molecule has 2 rings (SSSR count). The molecule has 0 aromatic heterocycles. The minimum Gasteiger partial charge on any atom is -0.489 e. The summed E-state index contributed by atoms with van der Waals surface area (Å²) in [4.78, 5) is 20.0. The average Bonchev–Trinajstić information content (AvgIpc) is 2.90. The Morgan fingerprint density at radius 2 is 2.19 bits per heavy atom. The van der Waals surface area contributed by atoms with Gasteiger partial charge in [-0.25, -0.2) is 9.79 Å². The number of carbonyl (C=O) groups is 1. The lowest BCUT2D eigenvalue weighted by atomic mass is 10.2. The number of rotatable bonds is 5. The SMILES string of the molecule is CCOC(=O)C1=NC(c2ccc(OC(C)C)c(Cl)c2)=NC1. The van der Waals surface area contributed by atoms with Crippen LogP contribution in [0, 0.1) is 0 Å². The van der Waals surface area contributed by atoms with Crippen LogP contribution in [-0.2, 0) is 9.53 Å². The van der Waals surface area contributed by atoms with Crippen molar-refractivity contribution < 1.29 is 14.3 Å². The van der Waals surface area contributed by atoms with Crippen molar-refractivity contribution in [3.05, 3.63) is 28.8 Å². The van der Waals surface area contributed by atoms with Crippen LogP contribution in [0.25, 0.3) is 0 Å². The van der Waals surface area contributed by atoms with Crippen LogP contribution in [0.3, 0.4) is 0 Å². The number of hydrogen-bond acceptors (Lipinski definition) is 5. The average molecular weight is 309 g/mol. The van der Waals surface area contributed by atoms with Gasteiger partial charge in [-0.2, -0.15) is 0 Å². The van der Waals surface area contributed by atoms with Gasteiger partial charge in [-0.3, -0.25) is 4.99 Å². The van der Waals surface area contributed by atoms with Gasteiger partial charge in [0.25, 0.3) is 0 Å². The predicted octanol–water partition coefficient (Wildman–Crippen LogP) is 2.89. The Balaban J connectivity index is 2.16. The van der Waals surface area contributed by atoms with Crippen molar-refractivity contribution >= 4 is 29.1 Å². The molecule has 6 heteroatoms. The standard InChI is InChI=1S/C15H17ClN2O3/c1-4-20-15(19)12-8-17-14(18-12)10-5-6-13(11(16)7-10)21-9(2)3/h5-7,9H,4,8H2,1-3H3. The van der Waals surface area contributed by atoms with Crippen molar-refractivity contribution in [1.82, 2.24) is 0 Å². The first kappa shape index (κ1) is 15.5. The summed E-state index contributed by atoms with van der Waals surface area (Å²) in [7, 11) is 0. The lowest BCUT2D eigenvalue weighted by molar-refractivity contribution is -0.135. The molecular weight excluding hydrogens is 292 g/mol. The number of esters is 1. The zero-order chi connectivity index (χ0) is 15.4. The van der Waals surface area contributed by atoms with Crippen LogP contribution in [0.15, 0.2) is 28.2 Å². The van der Waals surface area contributed by atoms with E-state index in [4.69, 9.17) is 21.1 Å². The van der Waals surface area contributed by atoms with Crippen LogP contribution < -0.4 is 4.74 Å². The molecule has 0 N–H and O–H groups in total. The molecule has 1 aliphatic rings. The van der Waals surface area contributed by atoms with E-state index in [0.717, 1.165) is 5.56 Å². The van der Waals surface area contributed by atoms with Crippen molar-refractivity contribution in [2.45, 2.75) is 26.9 Å². The molecule has 0 amide bonds. The van der Waals surface area contributed by atoms with Gasteiger partial charge in [-0.05, 0) is 39.0 Å². The second-order valence-electron chi connectivity index (χ2n) is 4.73. The largest absolute Gasteiger partial charge is 0.489 e. The highest BCUT2D eigenvalue weighted by atomic mass is 35.5. The maximum Gasteiger partial charge on any atom is 0.354 e. The Hall–Kier alpha value is -1.88. The highest BCUT2D eigenvalue weighted by molar-refractivity contribution is 6.41. The molecule has 0 radical (unpaired) electrons. The number of benzene rings is 1. The minimum atomic E-state index is -0.429. The lowest BCUT2D eigenvalue weighted by Crippen LogP contribution is -2.18. The highest BCUT2D eigenvalue weighted by Gasteiger charge is 2.20. The van der Waals surface area contributed by atoms with E-state index in [1.807, 2.05) is 19.9 Å². The molecule has 0 bridgehead atoms. The molecule has 0 atom stereocenters. The smallest absolute Gasteiger partial charge is 0.354 e. The van der Waals surface area contributed by atoms with Gasteiger partial charge < -0.3 is 9.47 Å². The minimum absolute atomic E-state index is 0.0469. The Kier molecular flexibility index (Phi) is 4.96. The molecule has 112 valence electrons. The lowest BCUT2D eigenvalue weighted by Gasteiger charge is -2.11. The van der Waals surface area contributed by atoms with Crippen molar-refractivity contribution in [1.29, 1.82) is 0 Å². The summed E-state index contributed by atoms with van der Waals surface area (Å²) < 4.78 is 10.5. The van der Waals surface area contributed by atoms with E-state index in [1.54, 1.807) is 19.1 Å². The molecule has 0 fully saturated rings. The number of hydrogen-bond donors (Lipinski definition) is 0. The quantitative estimate of drug-likeness (QED) is 0.786. The summed E-state index contributed by atoms with van der Waals surface area (Å²) >= 11 is 6.18. The van der Waals surface area contributed by atoms with Crippen LogP contribution in [-0.4, -0.2) is 36.8 Å². The number of ether oxygens (including phenoxy) is 2. The van der Waals surface area contributed by atoms with Gasteiger partial charge in [-0.15, -0.1) is 0 Å². The maximum atomic E-state index is 11.6. The summed E-state index contributed by atoms with van der Waals surface area (Å²) in [5.41, 5.74) is 1.06. The second kappa shape index (κ2) is 6.72. The first-order valence-electron chi connectivity index (χ1n) is 6.77. The summed E-state index contributed by atoms with van der Waals surface area (Å²) in [6.07, 6.45) is 0.0469. The molecule has 1 aromatic rings. The monoisotopic (exact) mass is 308 g/mol. The molecule has 1 heterocycles. The fourth-order valence-corrected chi connectivity index (χ4v) is 2.04. The summed E-state index contributed by atoms with van der Waals surface area (Å²) in [5.74, 6) is 0.668.